The van der Waals surface area contributed by atoms with Gasteiger partial charge in [-0.1, -0.05) is 29.8 Å². The highest BCUT2D eigenvalue weighted by atomic mass is 16.2. The average Bonchev–Trinajstić information content (AvgIpc) is 3.11. The molecular formula is C21H19N5O2. The molecule has 4 aromatic rings. The SMILES string of the molecule is Cc1cccc(Cn2ccc(-c3cc(-c4c[nH]c(=O)[nH]c4=O)nnc3C)c2)c1. The fraction of sp³-hybridized carbons (Fsp3) is 0.143. The third-order valence-corrected chi connectivity index (χ3v) is 4.58. The number of benzene rings is 1. The van der Waals surface area contributed by atoms with E-state index in [1.54, 1.807) is 0 Å². The lowest BCUT2D eigenvalue weighted by atomic mass is 10.1. The molecule has 3 aromatic heterocycles. The van der Waals surface area contributed by atoms with Gasteiger partial charge in [-0.25, -0.2) is 4.79 Å². The van der Waals surface area contributed by atoms with Crippen molar-refractivity contribution in [1.29, 1.82) is 0 Å². The zero-order valence-corrected chi connectivity index (χ0v) is 15.6. The summed E-state index contributed by atoms with van der Waals surface area (Å²) < 4.78 is 2.11. The molecule has 0 saturated heterocycles. The molecule has 0 aliphatic carbocycles. The Morgan fingerprint density at radius 1 is 1.04 bits per heavy atom. The Morgan fingerprint density at radius 2 is 1.89 bits per heavy atom. The minimum atomic E-state index is -0.553. The van der Waals surface area contributed by atoms with E-state index < -0.39 is 11.2 Å². The number of aromatic amines is 2. The molecule has 0 amide bonds. The molecule has 2 N–H and O–H groups in total. The first-order chi connectivity index (χ1) is 13.5. The molecule has 3 heterocycles. The topological polar surface area (TPSA) is 96.4 Å². The molecule has 7 heteroatoms. The van der Waals surface area contributed by atoms with Gasteiger partial charge in [-0.15, -0.1) is 5.10 Å². The summed E-state index contributed by atoms with van der Waals surface area (Å²) in [6.07, 6.45) is 5.42. The van der Waals surface area contributed by atoms with Crippen molar-refractivity contribution in [3.8, 4) is 22.4 Å². The van der Waals surface area contributed by atoms with Crippen LogP contribution in [-0.2, 0) is 6.54 Å². The molecule has 1 aromatic carbocycles. The summed E-state index contributed by atoms with van der Waals surface area (Å²) in [6.45, 7) is 4.73. The summed E-state index contributed by atoms with van der Waals surface area (Å²) in [5.74, 6) is 0. The summed E-state index contributed by atoms with van der Waals surface area (Å²) in [5, 5.41) is 8.31. The van der Waals surface area contributed by atoms with E-state index >= 15 is 0 Å². The van der Waals surface area contributed by atoms with Crippen LogP contribution in [-0.4, -0.2) is 24.7 Å². The maximum atomic E-state index is 12.1. The van der Waals surface area contributed by atoms with E-state index in [-0.39, 0.29) is 5.56 Å². The molecule has 0 radical (unpaired) electrons. The van der Waals surface area contributed by atoms with E-state index in [4.69, 9.17) is 0 Å². The Kier molecular flexibility index (Phi) is 4.49. The highest BCUT2D eigenvalue weighted by Gasteiger charge is 2.12. The number of aromatic nitrogens is 5. The second kappa shape index (κ2) is 7.11. The highest BCUT2D eigenvalue weighted by Crippen LogP contribution is 2.25. The third-order valence-electron chi connectivity index (χ3n) is 4.58. The first kappa shape index (κ1) is 17.7. The minimum absolute atomic E-state index is 0.271. The highest BCUT2D eigenvalue weighted by molar-refractivity contribution is 5.70. The summed E-state index contributed by atoms with van der Waals surface area (Å²) in [7, 11) is 0. The van der Waals surface area contributed by atoms with Crippen molar-refractivity contribution in [2.24, 2.45) is 0 Å². The largest absolute Gasteiger partial charge is 0.349 e. The second-order valence-electron chi connectivity index (χ2n) is 6.78. The summed E-state index contributed by atoms with van der Waals surface area (Å²) in [6, 6.07) is 12.2. The van der Waals surface area contributed by atoms with E-state index in [2.05, 4.69) is 55.9 Å². The molecule has 0 unspecified atom stereocenters. The van der Waals surface area contributed by atoms with Crippen LogP contribution in [0.2, 0.25) is 0 Å². The summed E-state index contributed by atoms with van der Waals surface area (Å²) in [4.78, 5) is 28.0. The Hall–Kier alpha value is -3.74. The lowest BCUT2D eigenvalue weighted by Gasteiger charge is -2.06. The van der Waals surface area contributed by atoms with Gasteiger partial charge >= 0.3 is 5.69 Å². The standard InChI is InChI=1S/C21H19N5O2/c1-13-4-3-5-15(8-13)11-26-7-6-16(12-26)17-9-19(25-24-14(17)2)18-10-22-21(28)23-20(18)27/h3-10,12H,11H2,1-2H3,(H2,22,23,27,28). The quantitative estimate of drug-likeness (QED) is 0.575. The number of hydrogen-bond donors (Lipinski definition) is 2. The number of H-pyrrole nitrogens is 2. The maximum absolute atomic E-state index is 12.1. The molecule has 0 bridgehead atoms. The van der Waals surface area contributed by atoms with E-state index in [9.17, 15) is 9.59 Å². The molecule has 28 heavy (non-hydrogen) atoms. The molecule has 0 aliphatic rings. The van der Waals surface area contributed by atoms with Crippen LogP contribution < -0.4 is 11.2 Å². The van der Waals surface area contributed by atoms with Crippen LogP contribution in [0.1, 0.15) is 16.8 Å². The van der Waals surface area contributed by atoms with Crippen LogP contribution in [0.15, 0.2) is 64.6 Å². The number of aryl methyl sites for hydroxylation is 2. The van der Waals surface area contributed by atoms with Gasteiger partial charge in [-0.2, -0.15) is 5.10 Å². The minimum Gasteiger partial charge on any atom is -0.349 e. The zero-order valence-electron chi connectivity index (χ0n) is 15.6. The van der Waals surface area contributed by atoms with Gasteiger partial charge in [0, 0.05) is 36.3 Å². The van der Waals surface area contributed by atoms with E-state index in [1.807, 2.05) is 31.5 Å². The molecule has 140 valence electrons. The number of nitrogens with zero attached hydrogens (tertiary/aromatic N) is 3. The zero-order chi connectivity index (χ0) is 19.7. The van der Waals surface area contributed by atoms with Crippen molar-refractivity contribution >= 4 is 0 Å². The van der Waals surface area contributed by atoms with E-state index in [0.29, 0.717) is 5.69 Å². The first-order valence-electron chi connectivity index (χ1n) is 8.88. The van der Waals surface area contributed by atoms with Crippen molar-refractivity contribution in [3.05, 3.63) is 92.6 Å². The normalized spacial score (nSPS) is 10.9. The lowest BCUT2D eigenvalue weighted by Crippen LogP contribution is -2.22. The Bertz CT molecular complexity index is 1270. The molecular weight excluding hydrogens is 354 g/mol. The van der Waals surface area contributed by atoms with Crippen molar-refractivity contribution in [2.45, 2.75) is 20.4 Å². The summed E-state index contributed by atoms with van der Waals surface area (Å²) >= 11 is 0. The van der Waals surface area contributed by atoms with Gasteiger partial charge in [0.2, 0.25) is 0 Å². The fourth-order valence-corrected chi connectivity index (χ4v) is 3.20. The Balaban J connectivity index is 1.69. The predicted octanol–water partition coefficient (Wildman–Crippen LogP) is 2.65. The van der Waals surface area contributed by atoms with Crippen LogP contribution in [0.25, 0.3) is 22.4 Å². The third kappa shape index (κ3) is 3.55. The van der Waals surface area contributed by atoms with Crippen molar-refractivity contribution < 1.29 is 0 Å². The van der Waals surface area contributed by atoms with Crippen LogP contribution in [0.3, 0.4) is 0 Å². The molecule has 7 nitrogen and oxygen atoms in total. The Morgan fingerprint density at radius 3 is 2.68 bits per heavy atom. The smallest absolute Gasteiger partial charge is 0.325 e. The van der Waals surface area contributed by atoms with Gasteiger partial charge in [-0.05, 0) is 31.5 Å². The van der Waals surface area contributed by atoms with Gasteiger partial charge in [0.1, 0.15) is 5.69 Å². The van der Waals surface area contributed by atoms with Crippen LogP contribution in [0.5, 0.6) is 0 Å². The first-order valence-corrected chi connectivity index (χ1v) is 8.88. The van der Waals surface area contributed by atoms with Crippen molar-refractivity contribution in [1.82, 2.24) is 24.7 Å². The Labute approximate surface area is 160 Å². The van der Waals surface area contributed by atoms with Gasteiger partial charge in [0.05, 0.1) is 11.3 Å². The molecule has 0 atom stereocenters. The molecule has 0 saturated carbocycles. The predicted molar refractivity (Wildman–Crippen MR) is 107 cm³/mol. The van der Waals surface area contributed by atoms with E-state index in [0.717, 1.165) is 23.4 Å². The number of hydrogen-bond acceptors (Lipinski definition) is 4. The molecule has 0 fully saturated rings. The fourth-order valence-electron chi connectivity index (χ4n) is 3.20. The van der Waals surface area contributed by atoms with E-state index in [1.165, 1.54) is 17.3 Å². The molecule has 4 rings (SSSR count). The van der Waals surface area contributed by atoms with Crippen molar-refractivity contribution in [2.75, 3.05) is 0 Å². The molecule has 0 aliphatic heterocycles. The number of nitrogens with one attached hydrogen (secondary N) is 2. The maximum Gasteiger partial charge on any atom is 0.325 e. The second-order valence-corrected chi connectivity index (χ2v) is 6.78. The average molecular weight is 373 g/mol. The van der Waals surface area contributed by atoms with Gasteiger partial charge in [0.25, 0.3) is 5.56 Å². The van der Waals surface area contributed by atoms with Crippen LogP contribution in [0, 0.1) is 13.8 Å². The summed E-state index contributed by atoms with van der Waals surface area (Å²) in [5.41, 5.74) is 4.73. The van der Waals surface area contributed by atoms with Crippen LogP contribution >= 0.6 is 0 Å². The molecule has 0 spiro atoms. The van der Waals surface area contributed by atoms with Gasteiger partial charge in [-0.3, -0.25) is 9.78 Å². The monoisotopic (exact) mass is 373 g/mol. The number of rotatable bonds is 4. The van der Waals surface area contributed by atoms with Gasteiger partial charge in [0.15, 0.2) is 0 Å². The lowest BCUT2D eigenvalue weighted by molar-refractivity contribution is 0.806. The van der Waals surface area contributed by atoms with Gasteiger partial charge < -0.3 is 9.55 Å². The van der Waals surface area contributed by atoms with Crippen molar-refractivity contribution in [3.63, 3.8) is 0 Å². The van der Waals surface area contributed by atoms with Crippen LogP contribution in [0.4, 0.5) is 0 Å².